The standard InChI is InChI=1S/C15H15FN2OS/c1-10(20-14-4-2-3-11(16)9-14)15(19)18-13-7-5-12(17)6-8-13/h2-10H,17H2,1H3,(H,18,19). The Bertz CT molecular complexity index is 601. The van der Waals surface area contributed by atoms with Crippen molar-refractivity contribution in [1.82, 2.24) is 0 Å². The summed E-state index contributed by atoms with van der Waals surface area (Å²) in [4.78, 5) is 12.8. The molecule has 0 aliphatic rings. The molecule has 0 saturated carbocycles. The van der Waals surface area contributed by atoms with Crippen LogP contribution in [0.2, 0.25) is 0 Å². The highest BCUT2D eigenvalue weighted by Crippen LogP contribution is 2.24. The van der Waals surface area contributed by atoms with Crippen molar-refractivity contribution < 1.29 is 9.18 Å². The third kappa shape index (κ3) is 3.99. The van der Waals surface area contributed by atoms with E-state index in [0.717, 1.165) is 4.90 Å². The Morgan fingerprint density at radius 2 is 1.95 bits per heavy atom. The average Bonchev–Trinajstić information content (AvgIpc) is 2.41. The Morgan fingerprint density at radius 3 is 2.60 bits per heavy atom. The lowest BCUT2D eigenvalue weighted by Gasteiger charge is -2.12. The third-order valence-corrected chi connectivity index (χ3v) is 3.75. The Kier molecular flexibility index (Phi) is 4.63. The van der Waals surface area contributed by atoms with Gasteiger partial charge in [-0.25, -0.2) is 4.39 Å². The van der Waals surface area contributed by atoms with E-state index in [1.165, 1.54) is 23.9 Å². The van der Waals surface area contributed by atoms with Crippen molar-refractivity contribution in [2.75, 3.05) is 11.1 Å². The van der Waals surface area contributed by atoms with Gasteiger partial charge < -0.3 is 11.1 Å². The molecule has 104 valence electrons. The van der Waals surface area contributed by atoms with Crippen LogP contribution in [-0.4, -0.2) is 11.2 Å². The highest BCUT2D eigenvalue weighted by Gasteiger charge is 2.14. The smallest absolute Gasteiger partial charge is 0.237 e. The van der Waals surface area contributed by atoms with Crippen molar-refractivity contribution in [2.45, 2.75) is 17.1 Å². The first-order valence-corrected chi connectivity index (χ1v) is 7.01. The number of carbonyl (C=O) groups is 1. The molecule has 20 heavy (non-hydrogen) atoms. The van der Waals surface area contributed by atoms with Crippen LogP contribution in [0.25, 0.3) is 0 Å². The molecule has 2 aromatic rings. The van der Waals surface area contributed by atoms with Gasteiger partial charge in [0.2, 0.25) is 5.91 Å². The van der Waals surface area contributed by atoms with Crippen LogP contribution in [0.3, 0.4) is 0 Å². The SMILES string of the molecule is CC(Sc1cccc(F)c1)C(=O)Nc1ccc(N)cc1. The topological polar surface area (TPSA) is 55.1 Å². The van der Waals surface area contributed by atoms with Gasteiger partial charge >= 0.3 is 0 Å². The summed E-state index contributed by atoms with van der Waals surface area (Å²) < 4.78 is 13.1. The molecule has 0 saturated heterocycles. The largest absolute Gasteiger partial charge is 0.399 e. The summed E-state index contributed by atoms with van der Waals surface area (Å²) in [7, 11) is 0. The van der Waals surface area contributed by atoms with E-state index >= 15 is 0 Å². The molecule has 1 amide bonds. The third-order valence-electron chi connectivity index (χ3n) is 2.66. The van der Waals surface area contributed by atoms with Gasteiger partial charge in [0, 0.05) is 16.3 Å². The van der Waals surface area contributed by atoms with Crippen molar-refractivity contribution in [1.29, 1.82) is 0 Å². The van der Waals surface area contributed by atoms with Crippen LogP contribution in [0.15, 0.2) is 53.4 Å². The summed E-state index contributed by atoms with van der Waals surface area (Å²) in [6, 6.07) is 13.1. The van der Waals surface area contributed by atoms with Gasteiger partial charge in [0.25, 0.3) is 0 Å². The molecule has 0 aromatic heterocycles. The molecule has 3 N–H and O–H groups in total. The van der Waals surface area contributed by atoms with E-state index in [1.54, 1.807) is 43.3 Å². The lowest BCUT2D eigenvalue weighted by Crippen LogP contribution is -2.22. The van der Waals surface area contributed by atoms with Crippen LogP contribution in [0, 0.1) is 5.82 Å². The number of hydrogen-bond donors (Lipinski definition) is 2. The first-order valence-electron chi connectivity index (χ1n) is 6.13. The van der Waals surface area contributed by atoms with Crippen LogP contribution in [-0.2, 0) is 4.79 Å². The van der Waals surface area contributed by atoms with Crippen molar-refractivity contribution in [3.05, 3.63) is 54.3 Å². The molecule has 0 aliphatic carbocycles. The highest BCUT2D eigenvalue weighted by molar-refractivity contribution is 8.00. The van der Waals surface area contributed by atoms with E-state index in [-0.39, 0.29) is 17.0 Å². The van der Waals surface area contributed by atoms with Gasteiger partial charge in [0.05, 0.1) is 5.25 Å². The maximum Gasteiger partial charge on any atom is 0.237 e. The molecule has 0 radical (unpaired) electrons. The average molecular weight is 290 g/mol. The lowest BCUT2D eigenvalue weighted by atomic mass is 10.3. The zero-order valence-electron chi connectivity index (χ0n) is 11.0. The molecular weight excluding hydrogens is 275 g/mol. The maximum atomic E-state index is 13.1. The van der Waals surface area contributed by atoms with E-state index in [4.69, 9.17) is 5.73 Å². The molecule has 2 rings (SSSR count). The predicted molar refractivity (Wildman–Crippen MR) is 81.2 cm³/mol. The molecule has 2 aromatic carbocycles. The van der Waals surface area contributed by atoms with E-state index in [1.807, 2.05) is 0 Å². The first-order chi connectivity index (χ1) is 9.54. The zero-order valence-corrected chi connectivity index (χ0v) is 11.8. The number of thioether (sulfide) groups is 1. The Morgan fingerprint density at radius 1 is 1.25 bits per heavy atom. The molecule has 0 heterocycles. The minimum Gasteiger partial charge on any atom is -0.399 e. The van der Waals surface area contributed by atoms with Gasteiger partial charge in [-0.3, -0.25) is 4.79 Å². The van der Waals surface area contributed by atoms with Crippen molar-refractivity contribution in [2.24, 2.45) is 0 Å². The number of halogens is 1. The van der Waals surface area contributed by atoms with Gasteiger partial charge in [-0.15, -0.1) is 11.8 Å². The predicted octanol–water partition coefficient (Wildman–Crippen LogP) is 3.53. The molecule has 0 aliphatic heterocycles. The van der Waals surface area contributed by atoms with E-state index in [0.29, 0.717) is 11.4 Å². The highest BCUT2D eigenvalue weighted by atomic mass is 32.2. The van der Waals surface area contributed by atoms with Crippen molar-refractivity contribution in [3.8, 4) is 0 Å². The zero-order chi connectivity index (χ0) is 14.5. The fraction of sp³-hybridized carbons (Fsp3) is 0.133. The molecule has 3 nitrogen and oxygen atoms in total. The Labute approximate surface area is 121 Å². The summed E-state index contributed by atoms with van der Waals surface area (Å²) in [5.41, 5.74) is 6.92. The number of nitrogen functional groups attached to an aromatic ring is 1. The number of hydrogen-bond acceptors (Lipinski definition) is 3. The normalized spacial score (nSPS) is 11.9. The number of nitrogens with one attached hydrogen (secondary N) is 1. The van der Waals surface area contributed by atoms with Gasteiger partial charge in [-0.05, 0) is 49.4 Å². The van der Waals surface area contributed by atoms with Gasteiger partial charge in [-0.2, -0.15) is 0 Å². The summed E-state index contributed by atoms with van der Waals surface area (Å²) in [5, 5.41) is 2.47. The Hall–Kier alpha value is -2.01. The molecule has 1 atom stereocenters. The molecule has 1 unspecified atom stereocenters. The lowest BCUT2D eigenvalue weighted by molar-refractivity contribution is -0.115. The van der Waals surface area contributed by atoms with Crippen LogP contribution in [0.1, 0.15) is 6.92 Å². The molecule has 0 spiro atoms. The minimum atomic E-state index is -0.325. The fourth-order valence-electron chi connectivity index (χ4n) is 1.61. The summed E-state index contributed by atoms with van der Waals surface area (Å²) in [6.45, 7) is 1.78. The molecule has 0 fully saturated rings. The quantitative estimate of drug-likeness (QED) is 0.669. The summed E-state index contributed by atoms with van der Waals surface area (Å²) >= 11 is 1.31. The van der Waals surface area contributed by atoms with Crippen LogP contribution < -0.4 is 11.1 Å². The minimum absolute atomic E-state index is 0.135. The fourth-order valence-corrected chi connectivity index (χ4v) is 2.52. The number of amides is 1. The van der Waals surface area contributed by atoms with E-state index < -0.39 is 0 Å². The first kappa shape index (κ1) is 14.4. The summed E-state index contributed by atoms with van der Waals surface area (Å²) in [5.74, 6) is -0.440. The van der Waals surface area contributed by atoms with Crippen molar-refractivity contribution >= 4 is 29.0 Å². The second-order valence-electron chi connectivity index (χ2n) is 4.33. The van der Waals surface area contributed by atoms with Crippen LogP contribution in [0.5, 0.6) is 0 Å². The number of nitrogens with two attached hydrogens (primary N) is 1. The van der Waals surface area contributed by atoms with E-state index in [9.17, 15) is 9.18 Å². The van der Waals surface area contributed by atoms with Crippen LogP contribution in [0.4, 0.5) is 15.8 Å². The molecular formula is C15H15FN2OS. The number of benzene rings is 2. The van der Waals surface area contributed by atoms with Crippen molar-refractivity contribution in [3.63, 3.8) is 0 Å². The van der Waals surface area contributed by atoms with Crippen LogP contribution >= 0.6 is 11.8 Å². The second kappa shape index (κ2) is 6.43. The molecule has 0 bridgehead atoms. The molecule has 5 heteroatoms. The number of anilines is 2. The number of rotatable bonds is 4. The monoisotopic (exact) mass is 290 g/mol. The maximum absolute atomic E-state index is 13.1. The van der Waals surface area contributed by atoms with Gasteiger partial charge in [-0.1, -0.05) is 6.07 Å². The summed E-state index contributed by atoms with van der Waals surface area (Å²) in [6.07, 6.45) is 0. The second-order valence-corrected chi connectivity index (χ2v) is 5.74. The van der Waals surface area contributed by atoms with E-state index in [2.05, 4.69) is 5.32 Å². The van der Waals surface area contributed by atoms with Gasteiger partial charge in [0.1, 0.15) is 5.82 Å². The van der Waals surface area contributed by atoms with Gasteiger partial charge in [0.15, 0.2) is 0 Å². The Balaban J connectivity index is 1.96. The number of carbonyl (C=O) groups excluding carboxylic acids is 1.